The average Bonchev–Trinajstić information content (AvgIpc) is 2.38. The van der Waals surface area contributed by atoms with Crippen molar-refractivity contribution in [1.29, 1.82) is 0 Å². The molecule has 0 aliphatic carbocycles. The van der Waals surface area contributed by atoms with Crippen LogP contribution in [0.2, 0.25) is 0 Å². The minimum absolute atomic E-state index is 0.0372. The monoisotopic (exact) mass is 236 g/mol. The fraction of sp³-hybridized carbons (Fsp3) is 0.417. The lowest BCUT2D eigenvalue weighted by Gasteiger charge is -2.43. The maximum absolute atomic E-state index is 11.4. The molecule has 0 aromatic heterocycles. The van der Waals surface area contributed by atoms with Gasteiger partial charge in [-0.05, 0) is 17.7 Å². The quantitative estimate of drug-likeness (QED) is 0.778. The van der Waals surface area contributed by atoms with Crippen molar-refractivity contribution in [3.05, 3.63) is 23.8 Å². The SMILES string of the molecule is COc1ccc(C2C(N)C(=O)N2C)cc1OC. The van der Waals surface area contributed by atoms with Gasteiger partial charge in [0.1, 0.15) is 6.04 Å². The fourth-order valence-electron chi connectivity index (χ4n) is 2.13. The molecule has 0 saturated carbocycles. The average molecular weight is 236 g/mol. The predicted molar refractivity (Wildman–Crippen MR) is 63.0 cm³/mol. The van der Waals surface area contributed by atoms with Gasteiger partial charge in [0, 0.05) is 7.05 Å². The van der Waals surface area contributed by atoms with Gasteiger partial charge in [-0.1, -0.05) is 6.07 Å². The van der Waals surface area contributed by atoms with Crippen LogP contribution in [-0.4, -0.2) is 38.1 Å². The van der Waals surface area contributed by atoms with E-state index in [9.17, 15) is 4.79 Å². The van der Waals surface area contributed by atoms with Gasteiger partial charge in [-0.15, -0.1) is 0 Å². The third-order valence-corrected chi connectivity index (χ3v) is 3.14. The zero-order valence-corrected chi connectivity index (χ0v) is 10.1. The van der Waals surface area contributed by atoms with Crippen molar-refractivity contribution in [2.75, 3.05) is 21.3 Å². The maximum Gasteiger partial charge on any atom is 0.242 e. The number of benzene rings is 1. The largest absolute Gasteiger partial charge is 0.493 e. The van der Waals surface area contributed by atoms with E-state index < -0.39 is 6.04 Å². The molecule has 2 atom stereocenters. The summed E-state index contributed by atoms with van der Waals surface area (Å²) in [4.78, 5) is 13.0. The van der Waals surface area contributed by atoms with E-state index in [0.717, 1.165) is 5.56 Å². The van der Waals surface area contributed by atoms with Crippen molar-refractivity contribution in [2.45, 2.75) is 12.1 Å². The van der Waals surface area contributed by atoms with E-state index in [1.54, 1.807) is 26.2 Å². The van der Waals surface area contributed by atoms with Gasteiger partial charge in [0.25, 0.3) is 0 Å². The van der Waals surface area contributed by atoms with Crippen LogP contribution in [0.15, 0.2) is 18.2 Å². The summed E-state index contributed by atoms with van der Waals surface area (Å²) in [6, 6.07) is 5.03. The van der Waals surface area contributed by atoms with Gasteiger partial charge in [0.05, 0.1) is 20.3 Å². The number of ether oxygens (including phenoxy) is 2. The summed E-state index contributed by atoms with van der Waals surface area (Å²) in [5.74, 6) is 1.27. The van der Waals surface area contributed by atoms with E-state index in [0.29, 0.717) is 11.5 Å². The van der Waals surface area contributed by atoms with Crippen LogP contribution in [-0.2, 0) is 4.79 Å². The number of β-lactam (4-membered cyclic amide) rings is 1. The van der Waals surface area contributed by atoms with Gasteiger partial charge in [-0.3, -0.25) is 4.79 Å². The molecule has 1 amide bonds. The zero-order valence-electron chi connectivity index (χ0n) is 10.1. The Hall–Kier alpha value is -1.75. The first kappa shape index (κ1) is 11.7. The van der Waals surface area contributed by atoms with Gasteiger partial charge in [0.2, 0.25) is 5.91 Å². The van der Waals surface area contributed by atoms with Gasteiger partial charge in [-0.25, -0.2) is 0 Å². The molecule has 92 valence electrons. The van der Waals surface area contributed by atoms with Crippen LogP contribution in [0.1, 0.15) is 11.6 Å². The van der Waals surface area contributed by atoms with Crippen LogP contribution < -0.4 is 15.2 Å². The van der Waals surface area contributed by atoms with Crippen LogP contribution in [0, 0.1) is 0 Å². The highest BCUT2D eigenvalue weighted by atomic mass is 16.5. The molecule has 1 aromatic rings. The number of nitrogens with zero attached hydrogens (tertiary/aromatic N) is 1. The van der Waals surface area contributed by atoms with E-state index in [-0.39, 0.29) is 11.9 Å². The lowest BCUT2D eigenvalue weighted by Crippen LogP contribution is -2.61. The normalized spacial score (nSPS) is 23.3. The van der Waals surface area contributed by atoms with Crippen molar-refractivity contribution in [2.24, 2.45) is 5.73 Å². The number of methoxy groups -OCH3 is 2. The highest BCUT2D eigenvalue weighted by molar-refractivity contribution is 5.89. The molecule has 2 N–H and O–H groups in total. The molecule has 0 spiro atoms. The Balaban J connectivity index is 2.31. The molecule has 0 radical (unpaired) electrons. The summed E-state index contributed by atoms with van der Waals surface area (Å²) in [6.07, 6.45) is 0. The number of rotatable bonds is 3. The third-order valence-electron chi connectivity index (χ3n) is 3.14. The highest BCUT2D eigenvalue weighted by Gasteiger charge is 2.43. The van der Waals surface area contributed by atoms with Crippen LogP contribution in [0.4, 0.5) is 0 Å². The summed E-state index contributed by atoms with van der Waals surface area (Å²) in [5.41, 5.74) is 6.74. The highest BCUT2D eigenvalue weighted by Crippen LogP contribution is 2.36. The Labute approximate surface area is 100 Å². The molecule has 1 heterocycles. The lowest BCUT2D eigenvalue weighted by molar-refractivity contribution is -0.147. The number of nitrogens with two attached hydrogens (primary N) is 1. The number of amides is 1. The van der Waals surface area contributed by atoms with E-state index >= 15 is 0 Å². The summed E-state index contributed by atoms with van der Waals surface area (Å²) in [6.45, 7) is 0. The lowest BCUT2D eigenvalue weighted by atomic mass is 9.90. The van der Waals surface area contributed by atoms with Crippen molar-refractivity contribution in [1.82, 2.24) is 4.90 Å². The number of carbonyl (C=O) groups excluding carboxylic acids is 1. The zero-order chi connectivity index (χ0) is 12.6. The number of likely N-dealkylation sites (N-methyl/N-ethyl adjacent to an activating group) is 1. The van der Waals surface area contributed by atoms with Crippen molar-refractivity contribution >= 4 is 5.91 Å². The first-order valence-electron chi connectivity index (χ1n) is 5.34. The van der Waals surface area contributed by atoms with E-state index in [2.05, 4.69) is 0 Å². The van der Waals surface area contributed by atoms with E-state index in [4.69, 9.17) is 15.2 Å². The van der Waals surface area contributed by atoms with Crippen molar-refractivity contribution in [3.8, 4) is 11.5 Å². The van der Waals surface area contributed by atoms with Crippen LogP contribution >= 0.6 is 0 Å². The molecule has 5 heteroatoms. The maximum atomic E-state index is 11.4. The Morgan fingerprint density at radius 1 is 1.24 bits per heavy atom. The Morgan fingerprint density at radius 3 is 2.41 bits per heavy atom. The van der Waals surface area contributed by atoms with Crippen LogP contribution in [0.5, 0.6) is 11.5 Å². The summed E-state index contributed by atoms with van der Waals surface area (Å²) >= 11 is 0. The summed E-state index contributed by atoms with van der Waals surface area (Å²) < 4.78 is 10.4. The first-order valence-corrected chi connectivity index (χ1v) is 5.34. The smallest absolute Gasteiger partial charge is 0.242 e. The topological polar surface area (TPSA) is 64.8 Å². The third kappa shape index (κ3) is 1.72. The van der Waals surface area contributed by atoms with Crippen molar-refractivity contribution < 1.29 is 14.3 Å². The number of hydrogen-bond acceptors (Lipinski definition) is 4. The van der Waals surface area contributed by atoms with E-state index in [1.807, 2.05) is 18.2 Å². The molecule has 1 aromatic carbocycles. The number of hydrogen-bond donors (Lipinski definition) is 1. The van der Waals surface area contributed by atoms with E-state index in [1.165, 1.54) is 0 Å². The van der Waals surface area contributed by atoms with Crippen LogP contribution in [0.3, 0.4) is 0 Å². The van der Waals surface area contributed by atoms with Gasteiger partial charge < -0.3 is 20.1 Å². The Kier molecular flexibility index (Phi) is 2.93. The molecule has 2 rings (SSSR count). The summed E-state index contributed by atoms with van der Waals surface area (Å²) in [7, 11) is 4.91. The Bertz CT molecular complexity index is 435. The molecule has 1 saturated heterocycles. The van der Waals surface area contributed by atoms with Crippen molar-refractivity contribution in [3.63, 3.8) is 0 Å². The second-order valence-electron chi connectivity index (χ2n) is 4.03. The summed E-state index contributed by atoms with van der Waals surface area (Å²) in [5, 5.41) is 0. The molecular weight excluding hydrogens is 220 g/mol. The fourth-order valence-corrected chi connectivity index (χ4v) is 2.13. The minimum Gasteiger partial charge on any atom is -0.493 e. The van der Waals surface area contributed by atoms with Crippen LogP contribution in [0.25, 0.3) is 0 Å². The predicted octanol–water partition coefficient (Wildman–Crippen LogP) is 0.544. The number of likely N-dealkylation sites (tertiary alicyclic amines) is 1. The van der Waals surface area contributed by atoms with Gasteiger partial charge in [0.15, 0.2) is 11.5 Å². The second-order valence-corrected chi connectivity index (χ2v) is 4.03. The minimum atomic E-state index is -0.460. The molecule has 1 aliphatic heterocycles. The standard InChI is InChI=1S/C12H16N2O3/c1-14-11(10(13)12(14)15)7-4-5-8(16-2)9(6-7)17-3/h4-6,10-11H,13H2,1-3H3. The van der Waals surface area contributed by atoms with Gasteiger partial charge in [-0.2, -0.15) is 0 Å². The van der Waals surface area contributed by atoms with Gasteiger partial charge >= 0.3 is 0 Å². The molecule has 0 bridgehead atoms. The molecule has 2 unspecified atom stereocenters. The molecule has 1 aliphatic rings. The molecular formula is C12H16N2O3. The molecule has 5 nitrogen and oxygen atoms in total. The Morgan fingerprint density at radius 2 is 1.88 bits per heavy atom. The second kappa shape index (κ2) is 4.25. The molecule has 17 heavy (non-hydrogen) atoms. The first-order chi connectivity index (χ1) is 8.10. The molecule has 1 fully saturated rings. The number of carbonyl (C=O) groups is 1.